The first-order valence-corrected chi connectivity index (χ1v) is 25.0. The standard InChI is InChI=1S/C47H90NO8P/c1-6-8-10-12-14-16-18-20-22-24-26-27-29-31-33-35-37-39-46(49)53-43-45(44-55-57(51,52)54-42-41-48(3,4)5)56-47(50)40-38-36-34-32-30-28-25-23-21-19-17-15-13-11-9-7-2/h14,16,20,22,45H,6-13,15,17-19,21,23-44H2,1-5H3/b16-14-,22-20-/t45-/m1/s1. The van der Waals surface area contributed by atoms with Crippen LogP contribution in [0.4, 0.5) is 0 Å². The van der Waals surface area contributed by atoms with E-state index in [-0.39, 0.29) is 32.0 Å². The van der Waals surface area contributed by atoms with E-state index in [2.05, 4.69) is 38.2 Å². The Balaban J connectivity index is 4.31. The summed E-state index contributed by atoms with van der Waals surface area (Å²) in [5.41, 5.74) is 0. The number of allylic oxidation sites excluding steroid dienone is 4. The summed E-state index contributed by atoms with van der Waals surface area (Å²) in [6.07, 6.45) is 43.4. The highest BCUT2D eigenvalue weighted by Gasteiger charge is 2.21. The number of unbranched alkanes of at least 4 members (excludes halogenated alkanes) is 25. The van der Waals surface area contributed by atoms with Gasteiger partial charge in [-0.25, -0.2) is 0 Å². The van der Waals surface area contributed by atoms with Crippen LogP contribution in [-0.4, -0.2) is 70.0 Å². The molecule has 336 valence electrons. The third-order valence-electron chi connectivity index (χ3n) is 10.2. The minimum atomic E-state index is -4.62. The van der Waals surface area contributed by atoms with E-state index >= 15 is 0 Å². The van der Waals surface area contributed by atoms with Gasteiger partial charge in [0, 0.05) is 12.8 Å². The molecule has 0 saturated carbocycles. The molecule has 0 fully saturated rings. The molecule has 0 aromatic rings. The van der Waals surface area contributed by atoms with E-state index in [0.29, 0.717) is 17.4 Å². The SMILES string of the molecule is CCCCC/C=C\C/C=C\CCCCCCCCCC(=O)OC[C@H](COP(=O)([O-])OCC[N+](C)(C)C)OC(=O)CCCCCCCCCCCCCCCCCC. The quantitative estimate of drug-likeness (QED) is 0.0196. The zero-order valence-electron chi connectivity index (χ0n) is 37.8. The molecule has 0 rings (SSSR count). The van der Waals surface area contributed by atoms with Crippen molar-refractivity contribution < 1.29 is 42.1 Å². The van der Waals surface area contributed by atoms with Crippen LogP contribution in [0.5, 0.6) is 0 Å². The molecule has 0 saturated heterocycles. The number of esters is 2. The topological polar surface area (TPSA) is 111 Å². The molecular formula is C47H90NO8P. The first-order chi connectivity index (χ1) is 27.5. The smallest absolute Gasteiger partial charge is 0.306 e. The zero-order valence-corrected chi connectivity index (χ0v) is 38.7. The lowest BCUT2D eigenvalue weighted by Crippen LogP contribution is -2.37. The Morgan fingerprint density at radius 3 is 1.42 bits per heavy atom. The lowest BCUT2D eigenvalue weighted by Gasteiger charge is -2.28. The molecule has 57 heavy (non-hydrogen) atoms. The van der Waals surface area contributed by atoms with Crippen LogP contribution < -0.4 is 4.89 Å². The van der Waals surface area contributed by atoms with E-state index < -0.39 is 26.5 Å². The van der Waals surface area contributed by atoms with E-state index in [1.54, 1.807) is 0 Å². The predicted octanol–water partition coefficient (Wildman–Crippen LogP) is 12.9. The third-order valence-corrected chi connectivity index (χ3v) is 11.2. The number of nitrogens with zero attached hydrogens (tertiary/aromatic N) is 1. The van der Waals surface area contributed by atoms with Crippen molar-refractivity contribution in [2.45, 2.75) is 219 Å². The van der Waals surface area contributed by atoms with Gasteiger partial charge in [-0.2, -0.15) is 0 Å². The van der Waals surface area contributed by atoms with Crippen LogP contribution in [0.1, 0.15) is 213 Å². The van der Waals surface area contributed by atoms with Gasteiger partial charge in [0.05, 0.1) is 27.7 Å². The van der Waals surface area contributed by atoms with Crippen molar-refractivity contribution in [2.24, 2.45) is 0 Å². The van der Waals surface area contributed by atoms with Crippen molar-refractivity contribution in [3.8, 4) is 0 Å². The van der Waals surface area contributed by atoms with Gasteiger partial charge < -0.3 is 27.9 Å². The summed E-state index contributed by atoms with van der Waals surface area (Å²) in [6.45, 7) is 4.22. The minimum absolute atomic E-state index is 0.0301. The molecule has 10 heteroatoms. The van der Waals surface area contributed by atoms with Gasteiger partial charge in [0.25, 0.3) is 7.82 Å². The average Bonchev–Trinajstić information content (AvgIpc) is 3.16. The number of quaternary nitrogens is 1. The van der Waals surface area contributed by atoms with Crippen molar-refractivity contribution in [3.05, 3.63) is 24.3 Å². The number of likely N-dealkylation sites (N-methyl/N-ethyl adjacent to an activating group) is 1. The van der Waals surface area contributed by atoms with Crippen LogP contribution in [0.3, 0.4) is 0 Å². The second-order valence-electron chi connectivity index (χ2n) is 17.1. The second-order valence-corrected chi connectivity index (χ2v) is 18.5. The van der Waals surface area contributed by atoms with Crippen LogP contribution in [0.15, 0.2) is 24.3 Å². The molecule has 0 N–H and O–H groups in total. The summed E-state index contributed by atoms with van der Waals surface area (Å²) in [5, 5.41) is 0. The van der Waals surface area contributed by atoms with E-state index in [9.17, 15) is 19.0 Å². The predicted molar refractivity (Wildman–Crippen MR) is 236 cm³/mol. The second kappa shape index (κ2) is 39.9. The summed E-state index contributed by atoms with van der Waals surface area (Å²) < 4.78 is 34.0. The normalized spacial score (nSPS) is 13.7. The highest BCUT2D eigenvalue weighted by atomic mass is 31.2. The first kappa shape index (κ1) is 55.5. The van der Waals surface area contributed by atoms with Gasteiger partial charge in [0.1, 0.15) is 19.8 Å². The molecule has 0 bridgehead atoms. The van der Waals surface area contributed by atoms with Gasteiger partial charge >= 0.3 is 11.9 Å². The van der Waals surface area contributed by atoms with Crippen LogP contribution in [0.25, 0.3) is 0 Å². The van der Waals surface area contributed by atoms with Crippen LogP contribution >= 0.6 is 7.82 Å². The molecule has 0 radical (unpaired) electrons. The third kappa shape index (κ3) is 43.9. The molecule has 0 aliphatic rings. The molecule has 0 aliphatic heterocycles. The molecule has 0 aromatic heterocycles. The Bertz CT molecular complexity index is 1030. The summed E-state index contributed by atoms with van der Waals surface area (Å²) in [4.78, 5) is 37.6. The number of hydrogen-bond acceptors (Lipinski definition) is 8. The van der Waals surface area contributed by atoms with Gasteiger partial charge in [-0.3, -0.25) is 14.2 Å². The van der Waals surface area contributed by atoms with E-state index in [4.69, 9.17) is 18.5 Å². The van der Waals surface area contributed by atoms with E-state index in [1.807, 2.05) is 21.1 Å². The summed E-state index contributed by atoms with van der Waals surface area (Å²) >= 11 is 0. The Morgan fingerprint density at radius 1 is 0.544 bits per heavy atom. The molecular weight excluding hydrogens is 737 g/mol. The number of rotatable bonds is 43. The Morgan fingerprint density at radius 2 is 0.947 bits per heavy atom. The van der Waals surface area contributed by atoms with Crippen LogP contribution in [-0.2, 0) is 32.7 Å². The Kier molecular flexibility index (Phi) is 38.9. The molecule has 0 amide bonds. The maximum Gasteiger partial charge on any atom is 0.306 e. The van der Waals surface area contributed by atoms with Crippen LogP contribution in [0.2, 0.25) is 0 Å². The first-order valence-electron chi connectivity index (χ1n) is 23.5. The molecule has 1 unspecified atom stereocenters. The van der Waals surface area contributed by atoms with Crippen LogP contribution in [0, 0.1) is 0 Å². The highest BCUT2D eigenvalue weighted by molar-refractivity contribution is 7.45. The van der Waals surface area contributed by atoms with Crippen molar-refractivity contribution in [2.75, 3.05) is 47.5 Å². The average molecular weight is 828 g/mol. The minimum Gasteiger partial charge on any atom is -0.756 e. The number of phosphoric acid groups is 1. The van der Waals surface area contributed by atoms with Gasteiger partial charge in [0.15, 0.2) is 6.10 Å². The summed E-state index contributed by atoms with van der Waals surface area (Å²) in [5.74, 6) is -0.834. The van der Waals surface area contributed by atoms with Gasteiger partial charge in [-0.05, 0) is 44.9 Å². The number of carbonyl (C=O) groups is 2. The number of carbonyl (C=O) groups excluding carboxylic acids is 2. The fraction of sp³-hybridized carbons (Fsp3) is 0.872. The van der Waals surface area contributed by atoms with Crippen molar-refractivity contribution in [1.82, 2.24) is 0 Å². The number of hydrogen-bond donors (Lipinski definition) is 0. The molecule has 0 spiro atoms. The monoisotopic (exact) mass is 828 g/mol. The summed E-state index contributed by atoms with van der Waals surface area (Å²) in [6, 6.07) is 0. The maximum atomic E-state index is 12.7. The molecule has 0 heterocycles. The summed E-state index contributed by atoms with van der Waals surface area (Å²) in [7, 11) is 1.17. The highest BCUT2D eigenvalue weighted by Crippen LogP contribution is 2.38. The van der Waals surface area contributed by atoms with Gasteiger partial charge in [-0.15, -0.1) is 0 Å². The number of phosphoric ester groups is 1. The molecule has 2 atom stereocenters. The fourth-order valence-corrected chi connectivity index (χ4v) is 7.24. The Labute approximate surface area is 351 Å². The fourth-order valence-electron chi connectivity index (χ4n) is 6.51. The molecule has 9 nitrogen and oxygen atoms in total. The lowest BCUT2D eigenvalue weighted by molar-refractivity contribution is -0.870. The lowest BCUT2D eigenvalue weighted by atomic mass is 10.0. The maximum absolute atomic E-state index is 12.7. The molecule has 0 aromatic carbocycles. The van der Waals surface area contributed by atoms with E-state index in [0.717, 1.165) is 51.4 Å². The largest absolute Gasteiger partial charge is 0.756 e. The zero-order chi connectivity index (χ0) is 42.1. The van der Waals surface area contributed by atoms with Gasteiger partial charge in [0.2, 0.25) is 0 Å². The molecule has 0 aliphatic carbocycles. The van der Waals surface area contributed by atoms with Crippen molar-refractivity contribution in [3.63, 3.8) is 0 Å². The van der Waals surface area contributed by atoms with E-state index in [1.165, 1.54) is 128 Å². The Hall–Kier alpha value is -1.51. The van der Waals surface area contributed by atoms with Gasteiger partial charge in [-0.1, -0.05) is 179 Å². The van der Waals surface area contributed by atoms with Crippen molar-refractivity contribution >= 4 is 19.8 Å². The number of ether oxygens (including phenoxy) is 2. The van der Waals surface area contributed by atoms with Crippen molar-refractivity contribution in [1.29, 1.82) is 0 Å².